The van der Waals surface area contributed by atoms with E-state index in [0.29, 0.717) is 13.0 Å². The zero-order valence-corrected chi connectivity index (χ0v) is 30.0. The maximum atomic E-state index is 17.1. The zero-order valence-electron chi connectivity index (χ0n) is 30.0. The molecule has 2 bridgehead atoms. The van der Waals surface area contributed by atoms with Gasteiger partial charge in [-0.3, -0.25) is 14.7 Å². The normalized spacial score (nSPS) is 44.3. The van der Waals surface area contributed by atoms with Crippen LogP contribution in [0.4, 0.5) is 9.18 Å². The number of esters is 1. The number of aliphatic imine (C=N–C) groups is 1. The molecule has 0 saturated carbocycles. The van der Waals surface area contributed by atoms with Gasteiger partial charge in [-0.05, 0) is 60.0 Å². The van der Waals surface area contributed by atoms with E-state index in [1.165, 1.54) is 14.0 Å². The van der Waals surface area contributed by atoms with Crippen LogP contribution in [0.1, 0.15) is 74.1 Å². The van der Waals surface area contributed by atoms with Gasteiger partial charge < -0.3 is 33.7 Å². The molecule has 0 radical (unpaired) electrons. The van der Waals surface area contributed by atoms with E-state index in [0.717, 1.165) is 5.71 Å². The number of ketones is 1. The van der Waals surface area contributed by atoms with Crippen molar-refractivity contribution in [1.29, 1.82) is 0 Å². The number of amides is 1. The lowest BCUT2D eigenvalue weighted by molar-refractivity contribution is -0.295. The molecule has 270 valence electrons. The number of aliphatic hydroxyl groups is 1. The van der Waals surface area contributed by atoms with Crippen molar-refractivity contribution in [3.05, 3.63) is 0 Å². The second-order valence-electron chi connectivity index (χ2n) is 14.7. The van der Waals surface area contributed by atoms with Crippen LogP contribution in [-0.4, -0.2) is 132 Å². The van der Waals surface area contributed by atoms with Crippen molar-refractivity contribution >= 4 is 23.6 Å². The minimum Gasteiger partial charge on any atom is -0.455 e. The lowest BCUT2D eigenvalue weighted by atomic mass is 9.72. The van der Waals surface area contributed by atoms with Gasteiger partial charge >= 0.3 is 12.1 Å². The van der Waals surface area contributed by atoms with Crippen LogP contribution >= 0.6 is 0 Å². The summed E-state index contributed by atoms with van der Waals surface area (Å²) < 4.78 is 47.7. The number of carbonyl (C=O) groups excluding carboxylic acids is 3. The predicted molar refractivity (Wildman–Crippen MR) is 175 cm³/mol. The van der Waals surface area contributed by atoms with Gasteiger partial charge in [-0.25, -0.2) is 14.0 Å². The molecule has 4 heterocycles. The van der Waals surface area contributed by atoms with Gasteiger partial charge in [0.25, 0.3) is 5.67 Å². The lowest BCUT2D eigenvalue weighted by Gasteiger charge is -2.47. The highest BCUT2D eigenvalue weighted by Gasteiger charge is 2.62. The highest BCUT2D eigenvalue weighted by Crippen LogP contribution is 2.44. The molecule has 12 nitrogen and oxygen atoms in total. The van der Waals surface area contributed by atoms with Gasteiger partial charge in [-0.15, -0.1) is 12.3 Å². The SMILES string of the molecule is C#CCC1(F)C(=O)O[C@H](CC)[C@@]2(C)OC(=O)N3CCN=C([C@H](C)C[C@](C)(OC)[C@H](O[C@@H]4O[C@H](C)C[C@H](N(C)C)[C@H]4O)[C@@H](C)C1=O)[C@H](C)[C@@H]32. The Morgan fingerprint density at radius 2 is 1.83 bits per heavy atom. The van der Waals surface area contributed by atoms with Crippen LogP contribution < -0.4 is 0 Å². The lowest BCUT2D eigenvalue weighted by Crippen LogP contribution is -2.62. The predicted octanol–water partition coefficient (Wildman–Crippen LogP) is 3.17. The average Bonchev–Trinajstić information content (AvgIpc) is 3.15. The molecular weight excluding hydrogens is 625 g/mol. The first-order valence-electron chi connectivity index (χ1n) is 17.0. The molecule has 4 aliphatic heterocycles. The second-order valence-corrected chi connectivity index (χ2v) is 14.7. The Labute approximate surface area is 284 Å². The first-order valence-corrected chi connectivity index (χ1v) is 17.0. The maximum absolute atomic E-state index is 17.1. The summed E-state index contributed by atoms with van der Waals surface area (Å²) in [5.41, 5.74) is -5.15. The van der Waals surface area contributed by atoms with Gasteiger partial charge in [-0.1, -0.05) is 27.7 Å². The summed E-state index contributed by atoms with van der Waals surface area (Å²) in [7, 11) is 5.15. The first kappa shape index (κ1) is 38.2. The number of halogens is 1. The van der Waals surface area contributed by atoms with Crippen LogP contribution in [0.2, 0.25) is 0 Å². The minimum atomic E-state index is -3.26. The first-order chi connectivity index (χ1) is 22.4. The molecule has 13 atom stereocenters. The quantitative estimate of drug-likeness (QED) is 0.253. The molecule has 1 N–H and O–H groups in total. The van der Waals surface area contributed by atoms with Crippen molar-refractivity contribution < 1.29 is 47.6 Å². The Balaban J connectivity index is 1.89. The Hall–Kier alpha value is -2.63. The van der Waals surface area contributed by atoms with E-state index in [4.69, 9.17) is 35.1 Å². The fourth-order valence-corrected chi connectivity index (χ4v) is 8.53. The van der Waals surface area contributed by atoms with E-state index >= 15 is 4.39 Å². The smallest absolute Gasteiger partial charge is 0.410 e. The van der Waals surface area contributed by atoms with Crippen molar-refractivity contribution in [2.45, 2.75) is 134 Å². The minimum absolute atomic E-state index is 0.167. The highest BCUT2D eigenvalue weighted by atomic mass is 19.1. The second kappa shape index (κ2) is 14.3. The molecule has 0 spiro atoms. The number of carbonyl (C=O) groups is 3. The third kappa shape index (κ3) is 6.63. The van der Waals surface area contributed by atoms with Gasteiger partial charge in [0.1, 0.15) is 12.2 Å². The van der Waals surface area contributed by atoms with E-state index in [1.54, 1.807) is 25.7 Å². The van der Waals surface area contributed by atoms with Crippen molar-refractivity contribution in [2.24, 2.45) is 22.7 Å². The summed E-state index contributed by atoms with van der Waals surface area (Å²) in [6.07, 6.45) is 0.0847. The van der Waals surface area contributed by atoms with E-state index in [1.807, 2.05) is 39.8 Å². The number of methoxy groups -OCH3 is 1. The fraction of sp³-hybridized carbons (Fsp3) is 0.829. The summed E-state index contributed by atoms with van der Waals surface area (Å²) in [6, 6.07) is -0.935. The number of ether oxygens (including phenoxy) is 5. The van der Waals surface area contributed by atoms with E-state index in [-0.39, 0.29) is 43.4 Å². The number of fused-ring (bicyclic) bond motifs is 1. The molecular formula is C35H54FN3O9. The highest BCUT2D eigenvalue weighted by molar-refractivity contribution is 6.08. The molecule has 3 saturated heterocycles. The molecule has 13 heteroatoms. The van der Waals surface area contributed by atoms with Gasteiger partial charge in [0.15, 0.2) is 17.7 Å². The van der Waals surface area contributed by atoms with Crippen LogP contribution in [0.25, 0.3) is 0 Å². The molecule has 0 aromatic carbocycles. The summed E-state index contributed by atoms with van der Waals surface area (Å²) in [6.45, 7) is 13.0. The van der Waals surface area contributed by atoms with Crippen LogP contribution in [0, 0.1) is 30.1 Å². The van der Waals surface area contributed by atoms with E-state index < -0.39 is 77.7 Å². The van der Waals surface area contributed by atoms with Crippen molar-refractivity contribution in [3.8, 4) is 12.3 Å². The van der Waals surface area contributed by atoms with Gasteiger partial charge in [0.2, 0.25) is 0 Å². The molecule has 0 aliphatic carbocycles. The molecule has 0 aromatic rings. The van der Waals surface area contributed by atoms with E-state index in [2.05, 4.69) is 5.92 Å². The van der Waals surface area contributed by atoms with Crippen LogP contribution in [0.5, 0.6) is 0 Å². The number of aliphatic hydroxyl groups excluding tert-OH is 1. The Morgan fingerprint density at radius 1 is 1.17 bits per heavy atom. The molecule has 1 amide bonds. The number of Topliss-reactive ketones (excluding diaryl/α,β-unsaturated/α-hetero) is 1. The van der Waals surface area contributed by atoms with Gasteiger partial charge in [0, 0.05) is 37.2 Å². The Kier molecular flexibility index (Phi) is 11.4. The number of nitrogens with zero attached hydrogens (tertiary/aromatic N) is 3. The standard InChI is InChI=1S/C35H54FN3O9/c1-12-14-35(36)28(41)22(6)29(47-30-26(40)23(38(9)10)17-20(4)45-30)33(7,44-11)18-19(3)25-21(5)27-34(8,24(13-2)46-31(35)42)48-32(43)39(27)16-15-37-25/h1,19-24,26-27,29-30,40H,13-18H2,2-11H3/t19-,20-,21+,22+,23+,24-,26-,27-,29-,30+,33+,34-,35?/m1/s1. The number of rotatable bonds is 6. The molecule has 4 rings (SSSR count). The number of hydrogen-bond donors (Lipinski definition) is 1. The largest absolute Gasteiger partial charge is 0.455 e. The number of likely N-dealkylation sites (N-methyl/N-ethyl adjacent to an activating group) is 1. The van der Waals surface area contributed by atoms with Crippen LogP contribution in [-0.2, 0) is 33.3 Å². The number of terminal acetylenes is 1. The number of cyclic esters (lactones) is 1. The van der Waals surface area contributed by atoms with Crippen molar-refractivity contribution in [1.82, 2.24) is 9.80 Å². The molecule has 0 aromatic heterocycles. The van der Waals surface area contributed by atoms with Crippen molar-refractivity contribution in [3.63, 3.8) is 0 Å². The van der Waals surface area contributed by atoms with Gasteiger partial charge in [0.05, 0.1) is 36.8 Å². The van der Waals surface area contributed by atoms with Crippen LogP contribution in [0.3, 0.4) is 0 Å². The number of alkyl halides is 1. The summed E-state index contributed by atoms with van der Waals surface area (Å²) in [4.78, 5) is 49.9. The fourth-order valence-electron chi connectivity index (χ4n) is 8.53. The summed E-state index contributed by atoms with van der Waals surface area (Å²) in [5, 5.41) is 11.4. The molecule has 1 unspecified atom stereocenters. The average molecular weight is 680 g/mol. The van der Waals surface area contributed by atoms with Gasteiger partial charge in [-0.2, -0.15) is 0 Å². The third-order valence-electron chi connectivity index (χ3n) is 11.1. The zero-order chi connectivity index (χ0) is 35.9. The monoisotopic (exact) mass is 679 g/mol. The maximum Gasteiger partial charge on any atom is 0.410 e. The number of hydrogen-bond acceptors (Lipinski definition) is 11. The summed E-state index contributed by atoms with van der Waals surface area (Å²) >= 11 is 0. The van der Waals surface area contributed by atoms with Crippen LogP contribution in [0.15, 0.2) is 4.99 Å². The Bertz CT molecular complexity index is 1310. The summed E-state index contributed by atoms with van der Waals surface area (Å²) in [5.74, 6) is -2.45. The third-order valence-corrected chi connectivity index (χ3v) is 11.1. The molecule has 4 aliphatic rings. The topological polar surface area (TPSA) is 136 Å². The van der Waals surface area contributed by atoms with Crippen molar-refractivity contribution in [2.75, 3.05) is 34.3 Å². The van der Waals surface area contributed by atoms with E-state index in [9.17, 15) is 19.5 Å². The Morgan fingerprint density at radius 3 is 2.42 bits per heavy atom. The molecule has 3 fully saturated rings. The molecule has 48 heavy (non-hydrogen) atoms.